The van der Waals surface area contributed by atoms with Crippen LogP contribution in [-0.4, -0.2) is 17.5 Å². The molecule has 1 saturated carbocycles. The number of amides is 1. The van der Waals surface area contributed by atoms with Gasteiger partial charge < -0.3 is 13.9 Å². The minimum Gasteiger partial charge on any atom is -0.456 e. The van der Waals surface area contributed by atoms with Crippen molar-refractivity contribution in [2.24, 2.45) is 0 Å². The third-order valence-electron chi connectivity index (χ3n) is 7.08. The molecule has 1 aliphatic carbocycles. The highest BCUT2D eigenvalue weighted by Gasteiger charge is 2.46. The number of anilines is 1. The zero-order chi connectivity index (χ0) is 27.9. The van der Waals surface area contributed by atoms with E-state index in [1.165, 1.54) is 11.3 Å². The largest absolute Gasteiger partial charge is 0.456 e. The van der Waals surface area contributed by atoms with Crippen LogP contribution < -0.4 is 5.32 Å². The van der Waals surface area contributed by atoms with Gasteiger partial charge in [-0.2, -0.15) is 0 Å². The van der Waals surface area contributed by atoms with E-state index >= 15 is 0 Å². The van der Waals surface area contributed by atoms with Gasteiger partial charge in [0.15, 0.2) is 5.76 Å². The fraction of sp³-hybridized carbons (Fsp3) is 0.194. The van der Waals surface area contributed by atoms with Crippen LogP contribution in [0.25, 0.3) is 32.9 Å². The molecular formula is C31H25ClN2O5S. The molecule has 6 rings (SSSR count). The Morgan fingerprint density at radius 1 is 1.05 bits per heavy atom. The maximum Gasteiger partial charge on any atom is 0.412 e. The summed E-state index contributed by atoms with van der Waals surface area (Å²) in [5, 5.41) is 4.21. The Hall–Kier alpha value is -4.14. The molecule has 0 saturated heterocycles. The van der Waals surface area contributed by atoms with Crippen LogP contribution in [0.1, 0.15) is 42.0 Å². The predicted molar refractivity (Wildman–Crippen MR) is 156 cm³/mol. The van der Waals surface area contributed by atoms with Gasteiger partial charge in [0.05, 0.1) is 5.01 Å². The Kier molecular flexibility index (Phi) is 6.82. The van der Waals surface area contributed by atoms with Crippen molar-refractivity contribution in [3.8, 4) is 22.5 Å². The van der Waals surface area contributed by atoms with Crippen molar-refractivity contribution in [3.05, 3.63) is 94.0 Å². The number of furan rings is 1. The van der Waals surface area contributed by atoms with Crippen LogP contribution >= 0.6 is 22.9 Å². The molecule has 3 aromatic carbocycles. The summed E-state index contributed by atoms with van der Waals surface area (Å²) < 4.78 is 17.1. The Morgan fingerprint density at radius 3 is 2.35 bits per heavy atom. The number of carbonyl (C=O) groups is 2. The van der Waals surface area contributed by atoms with Crippen molar-refractivity contribution in [2.45, 2.75) is 38.4 Å². The van der Waals surface area contributed by atoms with Crippen molar-refractivity contribution >= 4 is 51.6 Å². The van der Waals surface area contributed by atoms with Crippen molar-refractivity contribution < 1.29 is 23.5 Å². The summed E-state index contributed by atoms with van der Waals surface area (Å²) in [5.74, 6) is 0.500. The highest BCUT2D eigenvalue weighted by Crippen LogP contribution is 2.49. The lowest BCUT2D eigenvalue weighted by Gasteiger charge is -2.15. The second-order valence-corrected chi connectivity index (χ2v) is 11.3. The highest BCUT2D eigenvalue weighted by atomic mass is 35.5. The second-order valence-electron chi connectivity index (χ2n) is 9.73. The molecule has 1 fully saturated rings. The molecule has 0 spiro atoms. The minimum absolute atomic E-state index is 0.456. The number of ether oxygens (including phenoxy) is 2. The van der Waals surface area contributed by atoms with E-state index in [1.54, 1.807) is 13.0 Å². The van der Waals surface area contributed by atoms with Gasteiger partial charge in [-0.05, 0) is 49.4 Å². The summed E-state index contributed by atoms with van der Waals surface area (Å²) in [6, 6.07) is 23.2. The molecule has 0 bridgehead atoms. The summed E-state index contributed by atoms with van der Waals surface area (Å²) in [6.07, 6.45) is 0.503. The topological polar surface area (TPSA) is 90.7 Å². The van der Waals surface area contributed by atoms with Crippen LogP contribution in [0.4, 0.5) is 10.5 Å². The van der Waals surface area contributed by atoms with Gasteiger partial charge in [0.25, 0.3) is 6.47 Å². The van der Waals surface area contributed by atoms with Gasteiger partial charge in [0.2, 0.25) is 4.90 Å². The van der Waals surface area contributed by atoms with E-state index in [4.69, 9.17) is 25.5 Å². The molecule has 2 aromatic heterocycles. The number of carbonyl (C=O) groups excluding carboxylic acids is 2. The van der Waals surface area contributed by atoms with E-state index in [9.17, 15) is 9.59 Å². The molecule has 9 heteroatoms. The fourth-order valence-corrected chi connectivity index (χ4v) is 5.89. The van der Waals surface area contributed by atoms with E-state index < -0.39 is 17.8 Å². The van der Waals surface area contributed by atoms with Gasteiger partial charge in [-0.15, -0.1) is 0 Å². The SMILES string of the molecule is Cc1nc2c(NC(=O)OC(C)c3ccccc3Cl)c(-c3ccc(-c4ccc(C5(OC=O)CC5)cc4)cc3)oc2s1. The summed E-state index contributed by atoms with van der Waals surface area (Å²) in [6.45, 7) is 4.18. The highest BCUT2D eigenvalue weighted by molar-refractivity contribution is 7.18. The molecule has 0 aliphatic heterocycles. The lowest BCUT2D eigenvalue weighted by atomic mass is 9.99. The third kappa shape index (κ3) is 4.96. The maximum absolute atomic E-state index is 13.0. The smallest absolute Gasteiger partial charge is 0.412 e. The van der Waals surface area contributed by atoms with Crippen LogP contribution in [-0.2, 0) is 19.9 Å². The molecule has 2 heterocycles. The number of thiazole rings is 1. The van der Waals surface area contributed by atoms with Gasteiger partial charge in [-0.25, -0.2) is 9.78 Å². The maximum atomic E-state index is 13.0. The number of hydrogen-bond donors (Lipinski definition) is 1. The zero-order valence-corrected chi connectivity index (χ0v) is 23.3. The van der Waals surface area contributed by atoms with Crippen molar-refractivity contribution in [1.82, 2.24) is 4.98 Å². The van der Waals surface area contributed by atoms with Gasteiger partial charge in [-0.1, -0.05) is 89.7 Å². The standard InChI is InChI=1S/C31H25ClN2O5S/c1-18(24-5-3-4-6-25(24)32)38-30(36)34-26-27-29(40-19(2)33-27)39-28(26)22-9-7-20(8-10-22)21-11-13-23(14-12-21)31(15-16-31)37-17-35/h3-14,17-18H,15-16H2,1-2H3,(H,34,36). The monoisotopic (exact) mass is 572 g/mol. The number of nitrogens with zero attached hydrogens (tertiary/aromatic N) is 1. The Labute approximate surface area is 239 Å². The van der Waals surface area contributed by atoms with Crippen LogP contribution in [0.5, 0.6) is 0 Å². The molecule has 7 nitrogen and oxygen atoms in total. The van der Waals surface area contributed by atoms with E-state index in [0.29, 0.717) is 38.9 Å². The van der Waals surface area contributed by atoms with Gasteiger partial charge >= 0.3 is 6.09 Å². The lowest BCUT2D eigenvalue weighted by molar-refractivity contribution is -0.136. The fourth-order valence-electron chi connectivity index (χ4n) is 4.83. The van der Waals surface area contributed by atoms with E-state index in [2.05, 4.69) is 10.3 Å². The summed E-state index contributed by atoms with van der Waals surface area (Å²) in [4.78, 5) is 29.0. The Bertz CT molecular complexity index is 1700. The quantitative estimate of drug-likeness (QED) is 0.187. The van der Waals surface area contributed by atoms with Crippen LogP contribution in [0.3, 0.4) is 0 Å². The summed E-state index contributed by atoms with van der Waals surface area (Å²) in [5.41, 5.74) is 5.13. The average Bonchev–Trinajstić information content (AvgIpc) is 3.55. The first kappa shape index (κ1) is 26.1. The number of benzene rings is 3. The summed E-state index contributed by atoms with van der Waals surface area (Å²) in [7, 11) is 0. The first-order valence-electron chi connectivity index (χ1n) is 12.8. The van der Waals surface area contributed by atoms with Crippen LogP contribution in [0, 0.1) is 6.92 Å². The van der Waals surface area contributed by atoms with Crippen LogP contribution in [0.2, 0.25) is 5.02 Å². The van der Waals surface area contributed by atoms with Crippen LogP contribution in [0.15, 0.2) is 77.2 Å². The molecule has 1 amide bonds. The molecule has 5 aromatic rings. The molecule has 40 heavy (non-hydrogen) atoms. The molecule has 0 radical (unpaired) electrons. The first-order valence-corrected chi connectivity index (χ1v) is 14.0. The number of aromatic nitrogens is 1. The molecule has 1 unspecified atom stereocenters. The van der Waals surface area contributed by atoms with Gasteiger partial charge in [-0.3, -0.25) is 10.1 Å². The molecule has 1 atom stereocenters. The number of halogens is 1. The molecular weight excluding hydrogens is 548 g/mol. The first-order chi connectivity index (χ1) is 19.4. The molecule has 1 aliphatic rings. The Morgan fingerprint density at radius 2 is 1.70 bits per heavy atom. The normalized spacial score (nSPS) is 14.5. The third-order valence-corrected chi connectivity index (χ3v) is 8.28. The molecule has 202 valence electrons. The second kappa shape index (κ2) is 10.4. The zero-order valence-electron chi connectivity index (χ0n) is 21.8. The van der Waals surface area contributed by atoms with Gasteiger partial charge in [0.1, 0.15) is 22.9 Å². The average molecular weight is 573 g/mol. The van der Waals surface area contributed by atoms with Crippen molar-refractivity contribution in [1.29, 1.82) is 0 Å². The van der Waals surface area contributed by atoms with E-state index in [1.807, 2.05) is 73.7 Å². The number of fused-ring (bicyclic) bond motifs is 1. The number of nitrogens with one attached hydrogen (secondary N) is 1. The number of hydrogen-bond acceptors (Lipinski definition) is 7. The number of rotatable bonds is 8. The Balaban J connectivity index is 1.24. The lowest BCUT2D eigenvalue weighted by Crippen LogP contribution is -2.16. The van der Waals surface area contributed by atoms with E-state index in [-0.39, 0.29) is 0 Å². The van der Waals surface area contributed by atoms with Crippen molar-refractivity contribution in [2.75, 3.05) is 5.32 Å². The minimum atomic E-state index is -0.634. The van der Waals surface area contributed by atoms with E-state index in [0.717, 1.165) is 40.1 Å². The van der Waals surface area contributed by atoms with Crippen molar-refractivity contribution in [3.63, 3.8) is 0 Å². The number of aryl methyl sites for hydroxylation is 1. The molecule has 1 N–H and O–H groups in total. The summed E-state index contributed by atoms with van der Waals surface area (Å²) >= 11 is 7.69. The predicted octanol–water partition coefficient (Wildman–Crippen LogP) is 8.66. The van der Waals surface area contributed by atoms with Gasteiger partial charge in [0, 0.05) is 16.1 Å².